The van der Waals surface area contributed by atoms with Crippen LogP contribution >= 0.6 is 7.82 Å². The molecule has 0 amide bonds. The number of carbonyl (C=O) groups is 2. The highest BCUT2D eigenvalue weighted by Crippen LogP contribution is 2.43. The Labute approximate surface area is 330 Å². The molecule has 3 N–H and O–H groups in total. The number of nitrogens with two attached hydrogens (primary N) is 1. The normalized spacial score (nSPS) is 13.8. The van der Waals surface area contributed by atoms with E-state index in [0.717, 1.165) is 57.8 Å². The van der Waals surface area contributed by atoms with E-state index in [1.807, 2.05) is 0 Å². The van der Waals surface area contributed by atoms with Gasteiger partial charge >= 0.3 is 19.8 Å². The summed E-state index contributed by atoms with van der Waals surface area (Å²) < 4.78 is 32.7. The van der Waals surface area contributed by atoms with Crippen molar-refractivity contribution >= 4 is 19.8 Å². The van der Waals surface area contributed by atoms with Gasteiger partial charge in [-0.15, -0.1) is 0 Å². The Morgan fingerprint density at radius 2 is 0.963 bits per heavy atom. The lowest BCUT2D eigenvalue weighted by atomic mass is 10.0. The van der Waals surface area contributed by atoms with Crippen molar-refractivity contribution in [2.45, 2.75) is 193 Å². The summed E-state index contributed by atoms with van der Waals surface area (Å²) >= 11 is 0. The van der Waals surface area contributed by atoms with Gasteiger partial charge in [0, 0.05) is 19.4 Å². The first-order chi connectivity index (χ1) is 26.3. The fraction of sp³-hybridized carbons (Fsp3) is 0.773. The van der Waals surface area contributed by atoms with Crippen LogP contribution in [0, 0.1) is 0 Å². The van der Waals surface area contributed by atoms with Gasteiger partial charge in [0.05, 0.1) is 13.2 Å². The molecule has 0 rings (SSSR count). The van der Waals surface area contributed by atoms with E-state index in [0.29, 0.717) is 12.8 Å². The highest BCUT2D eigenvalue weighted by molar-refractivity contribution is 7.47. The number of rotatable bonds is 40. The average molecular weight is 782 g/mol. The van der Waals surface area contributed by atoms with Gasteiger partial charge in [-0.3, -0.25) is 18.6 Å². The van der Waals surface area contributed by atoms with Crippen molar-refractivity contribution in [1.29, 1.82) is 0 Å². The maximum Gasteiger partial charge on any atom is 0.472 e. The van der Waals surface area contributed by atoms with Crippen LogP contribution in [0.1, 0.15) is 187 Å². The molecule has 10 heteroatoms. The number of ether oxygens (including phenoxy) is 2. The molecule has 0 saturated carbocycles. The number of allylic oxidation sites excluding steroid dienone is 8. The first kappa shape index (κ1) is 52.0. The molecule has 0 aliphatic rings. The molecule has 9 nitrogen and oxygen atoms in total. The standard InChI is InChI=1S/C44H80NO8P/c1-3-5-7-9-11-13-15-17-19-20-21-22-23-25-26-28-30-32-34-36-43(46)50-40-42(41-52-54(48,49)51-39-38-45)53-44(47)37-35-33-31-29-27-24-18-16-14-12-10-8-6-4-2/h11,13,17,19,21-22,25-26,42H,3-10,12,14-16,18,20,23-24,27-41,45H2,1-2H3,(H,48,49)/b13-11+,19-17+,22-21+,26-25+/t42-/m0/s1. The smallest absolute Gasteiger partial charge is 0.462 e. The minimum atomic E-state index is -4.38. The second-order valence-electron chi connectivity index (χ2n) is 14.2. The predicted octanol–water partition coefficient (Wildman–Crippen LogP) is 12.3. The fourth-order valence-electron chi connectivity index (χ4n) is 5.73. The van der Waals surface area contributed by atoms with Gasteiger partial charge in [0.15, 0.2) is 6.10 Å². The van der Waals surface area contributed by atoms with Crippen LogP contribution in [0.25, 0.3) is 0 Å². The molecular weight excluding hydrogens is 701 g/mol. The molecule has 314 valence electrons. The van der Waals surface area contributed by atoms with Crippen LogP contribution in [0.5, 0.6) is 0 Å². The molecule has 0 spiro atoms. The van der Waals surface area contributed by atoms with E-state index in [-0.39, 0.29) is 32.6 Å². The van der Waals surface area contributed by atoms with Crippen LogP contribution in [0.2, 0.25) is 0 Å². The zero-order chi connectivity index (χ0) is 39.6. The topological polar surface area (TPSA) is 134 Å². The number of esters is 2. The molecular formula is C44H80NO8P. The van der Waals surface area contributed by atoms with Crippen molar-refractivity contribution in [2.24, 2.45) is 5.73 Å². The molecule has 0 radical (unpaired) electrons. The Morgan fingerprint density at radius 3 is 1.46 bits per heavy atom. The first-order valence-electron chi connectivity index (χ1n) is 21.6. The quantitative estimate of drug-likeness (QED) is 0.0269. The molecule has 0 aromatic heterocycles. The highest BCUT2D eigenvalue weighted by atomic mass is 31.2. The first-order valence-corrected chi connectivity index (χ1v) is 23.1. The second-order valence-corrected chi connectivity index (χ2v) is 15.7. The summed E-state index contributed by atoms with van der Waals surface area (Å²) in [5, 5.41) is 0. The molecule has 54 heavy (non-hydrogen) atoms. The van der Waals surface area contributed by atoms with Crippen molar-refractivity contribution in [2.75, 3.05) is 26.4 Å². The van der Waals surface area contributed by atoms with E-state index in [4.69, 9.17) is 24.3 Å². The summed E-state index contributed by atoms with van der Waals surface area (Å²) in [5.74, 6) is -0.863. The van der Waals surface area contributed by atoms with Gasteiger partial charge in [0.25, 0.3) is 0 Å². The van der Waals surface area contributed by atoms with Gasteiger partial charge in [-0.1, -0.05) is 165 Å². The largest absolute Gasteiger partial charge is 0.472 e. The van der Waals surface area contributed by atoms with Gasteiger partial charge in [-0.05, 0) is 57.8 Å². The minimum absolute atomic E-state index is 0.0483. The second kappa shape index (κ2) is 40.6. The van der Waals surface area contributed by atoms with Crippen molar-refractivity contribution in [3.05, 3.63) is 48.6 Å². The molecule has 2 atom stereocenters. The molecule has 0 fully saturated rings. The molecule has 0 aliphatic heterocycles. The fourth-order valence-corrected chi connectivity index (χ4v) is 6.50. The summed E-state index contributed by atoms with van der Waals surface area (Å²) in [5.41, 5.74) is 5.34. The SMILES string of the molecule is CCCCC/C=C/C/C=C/C/C=C/C/C=C/CCCCCC(=O)OC[C@@H](COP(=O)(O)OCCN)OC(=O)CCCCCCCCCCCCCCCC. The minimum Gasteiger partial charge on any atom is -0.462 e. The van der Waals surface area contributed by atoms with Gasteiger partial charge < -0.3 is 20.1 Å². The molecule has 0 heterocycles. The van der Waals surface area contributed by atoms with Crippen LogP contribution in [0.4, 0.5) is 0 Å². The van der Waals surface area contributed by atoms with Gasteiger partial charge in [0.1, 0.15) is 6.61 Å². The van der Waals surface area contributed by atoms with E-state index in [1.54, 1.807) is 0 Å². The van der Waals surface area contributed by atoms with E-state index >= 15 is 0 Å². The van der Waals surface area contributed by atoms with E-state index in [2.05, 4.69) is 62.5 Å². The van der Waals surface area contributed by atoms with Crippen molar-refractivity contribution in [1.82, 2.24) is 0 Å². The van der Waals surface area contributed by atoms with E-state index < -0.39 is 32.5 Å². The number of hydrogen-bond acceptors (Lipinski definition) is 8. The summed E-state index contributed by atoms with van der Waals surface area (Å²) in [6.45, 7) is 3.67. The summed E-state index contributed by atoms with van der Waals surface area (Å²) in [6, 6.07) is 0. The third kappa shape index (κ3) is 39.7. The average Bonchev–Trinajstić information content (AvgIpc) is 3.16. The summed E-state index contributed by atoms with van der Waals surface area (Å²) in [7, 11) is -4.38. The lowest BCUT2D eigenvalue weighted by molar-refractivity contribution is -0.161. The Morgan fingerprint density at radius 1 is 0.556 bits per heavy atom. The maximum atomic E-state index is 12.6. The summed E-state index contributed by atoms with van der Waals surface area (Å²) in [6.07, 6.45) is 45.6. The third-order valence-corrected chi connectivity index (χ3v) is 9.95. The number of phosphoric ester groups is 1. The third-order valence-electron chi connectivity index (χ3n) is 8.97. The zero-order valence-electron chi connectivity index (χ0n) is 34.4. The van der Waals surface area contributed by atoms with Crippen LogP contribution in [-0.4, -0.2) is 49.3 Å². The lowest BCUT2D eigenvalue weighted by Crippen LogP contribution is -2.29. The number of unbranched alkanes of at least 4 members (excludes halogenated alkanes) is 19. The molecule has 0 bridgehead atoms. The predicted molar refractivity (Wildman–Crippen MR) is 224 cm³/mol. The Hall–Kier alpha value is -2.03. The Kier molecular flexibility index (Phi) is 39.1. The Bertz CT molecular complexity index is 1030. The van der Waals surface area contributed by atoms with Crippen LogP contribution in [-0.2, 0) is 32.7 Å². The van der Waals surface area contributed by atoms with Gasteiger partial charge in [0.2, 0.25) is 0 Å². The van der Waals surface area contributed by atoms with Crippen LogP contribution < -0.4 is 5.73 Å². The Balaban J connectivity index is 4.21. The molecule has 0 saturated heterocycles. The van der Waals surface area contributed by atoms with Gasteiger partial charge in [-0.2, -0.15) is 0 Å². The van der Waals surface area contributed by atoms with Gasteiger partial charge in [-0.25, -0.2) is 4.57 Å². The molecule has 0 aromatic carbocycles. The number of hydrogen-bond donors (Lipinski definition) is 2. The zero-order valence-corrected chi connectivity index (χ0v) is 35.3. The highest BCUT2D eigenvalue weighted by Gasteiger charge is 2.26. The molecule has 0 aromatic rings. The molecule has 1 unspecified atom stereocenters. The lowest BCUT2D eigenvalue weighted by Gasteiger charge is -2.19. The van der Waals surface area contributed by atoms with E-state index in [1.165, 1.54) is 89.9 Å². The maximum absolute atomic E-state index is 12.6. The summed E-state index contributed by atoms with van der Waals surface area (Å²) in [4.78, 5) is 34.8. The van der Waals surface area contributed by atoms with Crippen molar-refractivity contribution in [3.8, 4) is 0 Å². The molecule has 0 aliphatic carbocycles. The van der Waals surface area contributed by atoms with Crippen molar-refractivity contribution in [3.63, 3.8) is 0 Å². The van der Waals surface area contributed by atoms with Crippen molar-refractivity contribution < 1.29 is 37.6 Å². The van der Waals surface area contributed by atoms with E-state index in [9.17, 15) is 19.0 Å². The van der Waals surface area contributed by atoms with Crippen LogP contribution in [0.3, 0.4) is 0 Å². The number of phosphoric acid groups is 1. The number of carbonyl (C=O) groups excluding carboxylic acids is 2. The monoisotopic (exact) mass is 782 g/mol. The van der Waals surface area contributed by atoms with Crippen LogP contribution in [0.15, 0.2) is 48.6 Å².